The molecule has 0 spiro atoms. The van der Waals surface area contributed by atoms with Gasteiger partial charge in [-0.25, -0.2) is 0 Å². The Labute approximate surface area is 119 Å². The van der Waals surface area contributed by atoms with Crippen molar-refractivity contribution < 1.29 is 18.0 Å². The molecule has 0 aliphatic heterocycles. The van der Waals surface area contributed by atoms with E-state index < -0.39 is 12.7 Å². The van der Waals surface area contributed by atoms with Crippen LogP contribution in [0, 0.1) is 11.8 Å². The smallest absolute Gasteiger partial charge is 0.299 e. The minimum absolute atomic E-state index is 0.153. The van der Waals surface area contributed by atoms with Crippen molar-refractivity contribution in [2.75, 3.05) is 19.6 Å². The molecule has 0 N–H and O–H groups in total. The lowest BCUT2D eigenvalue weighted by molar-refractivity contribution is -0.150. The number of ketones is 1. The SMILES string of the molecule is CCCC1CCC(=O)C(CN(CCC)CC(F)(F)F)C1. The predicted molar refractivity (Wildman–Crippen MR) is 73.5 cm³/mol. The van der Waals surface area contributed by atoms with Gasteiger partial charge in [0.25, 0.3) is 0 Å². The number of halogens is 3. The summed E-state index contributed by atoms with van der Waals surface area (Å²) >= 11 is 0. The number of rotatable bonds is 7. The van der Waals surface area contributed by atoms with Gasteiger partial charge in [0.15, 0.2) is 0 Å². The Balaban J connectivity index is 2.58. The zero-order valence-electron chi connectivity index (χ0n) is 12.5. The zero-order chi connectivity index (χ0) is 15.2. The normalized spacial score (nSPS) is 24.4. The monoisotopic (exact) mass is 293 g/mol. The maximum Gasteiger partial charge on any atom is 0.401 e. The summed E-state index contributed by atoms with van der Waals surface area (Å²) < 4.78 is 37.7. The molecule has 2 atom stereocenters. The summed E-state index contributed by atoms with van der Waals surface area (Å²) in [5.41, 5.74) is 0. The quantitative estimate of drug-likeness (QED) is 0.706. The Morgan fingerprint density at radius 1 is 1.25 bits per heavy atom. The second-order valence-corrected chi connectivity index (χ2v) is 5.94. The molecule has 0 aromatic heterocycles. The van der Waals surface area contributed by atoms with Gasteiger partial charge in [0.1, 0.15) is 5.78 Å². The number of hydrogen-bond acceptors (Lipinski definition) is 2. The van der Waals surface area contributed by atoms with Crippen LogP contribution in [0.2, 0.25) is 0 Å². The van der Waals surface area contributed by atoms with E-state index in [-0.39, 0.29) is 18.2 Å². The van der Waals surface area contributed by atoms with Crippen LogP contribution in [0.4, 0.5) is 13.2 Å². The number of carbonyl (C=O) groups excluding carboxylic acids is 1. The highest BCUT2D eigenvalue weighted by molar-refractivity contribution is 5.81. The molecule has 0 amide bonds. The molecule has 118 valence electrons. The molecule has 0 bridgehead atoms. The predicted octanol–water partition coefficient (Wildman–Crippen LogP) is 4.05. The maximum atomic E-state index is 12.6. The molecule has 1 aliphatic carbocycles. The van der Waals surface area contributed by atoms with E-state index in [1.54, 1.807) is 0 Å². The van der Waals surface area contributed by atoms with E-state index in [1.165, 1.54) is 4.90 Å². The first-order chi connectivity index (χ1) is 9.35. The van der Waals surface area contributed by atoms with Gasteiger partial charge in [-0.1, -0.05) is 26.7 Å². The number of nitrogens with zero attached hydrogens (tertiary/aromatic N) is 1. The minimum atomic E-state index is -4.18. The summed E-state index contributed by atoms with van der Waals surface area (Å²) in [5.74, 6) is 0.465. The molecule has 5 heteroatoms. The molecular formula is C15H26F3NO. The van der Waals surface area contributed by atoms with Gasteiger partial charge in [-0.15, -0.1) is 0 Å². The van der Waals surface area contributed by atoms with Gasteiger partial charge in [-0.05, 0) is 31.7 Å². The molecule has 0 aromatic rings. The molecule has 2 unspecified atom stereocenters. The minimum Gasteiger partial charge on any atom is -0.299 e. The molecular weight excluding hydrogens is 267 g/mol. The Morgan fingerprint density at radius 3 is 2.50 bits per heavy atom. The highest BCUT2D eigenvalue weighted by atomic mass is 19.4. The van der Waals surface area contributed by atoms with Crippen LogP contribution in [0.3, 0.4) is 0 Å². The fraction of sp³-hybridized carbons (Fsp3) is 0.933. The van der Waals surface area contributed by atoms with Crippen LogP contribution in [0.1, 0.15) is 52.4 Å². The Bertz CT molecular complexity index is 304. The summed E-state index contributed by atoms with van der Waals surface area (Å²) in [7, 11) is 0. The average molecular weight is 293 g/mol. The lowest BCUT2D eigenvalue weighted by Gasteiger charge is -2.32. The van der Waals surface area contributed by atoms with Gasteiger partial charge < -0.3 is 0 Å². The number of hydrogen-bond donors (Lipinski definition) is 0. The summed E-state index contributed by atoms with van der Waals surface area (Å²) in [6.45, 7) is 3.75. The Hall–Kier alpha value is -0.580. The van der Waals surface area contributed by atoms with Crippen LogP contribution < -0.4 is 0 Å². The van der Waals surface area contributed by atoms with Crippen LogP contribution in [-0.2, 0) is 4.79 Å². The van der Waals surface area contributed by atoms with Crippen molar-refractivity contribution in [3.8, 4) is 0 Å². The molecule has 2 nitrogen and oxygen atoms in total. The molecule has 0 radical (unpaired) electrons. The van der Waals surface area contributed by atoms with E-state index in [1.807, 2.05) is 6.92 Å². The molecule has 0 heterocycles. The van der Waals surface area contributed by atoms with Crippen LogP contribution in [0.15, 0.2) is 0 Å². The molecule has 20 heavy (non-hydrogen) atoms. The number of alkyl halides is 3. The fourth-order valence-electron chi connectivity index (χ4n) is 3.17. The van der Waals surface area contributed by atoms with Crippen molar-refractivity contribution in [1.29, 1.82) is 0 Å². The second kappa shape index (κ2) is 8.01. The molecule has 1 aliphatic rings. The highest BCUT2D eigenvalue weighted by Crippen LogP contribution is 2.30. The van der Waals surface area contributed by atoms with Crippen molar-refractivity contribution in [1.82, 2.24) is 4.90 Å². The Morgan fingerprint density at radius 2 is 1.95 bits per heavy atom. The van der Waals surface area contributed by atoms with E-state index in [4.69, 9.17) is 0 Å². The fourth-order valence-corrected chi connectivity index (χ4v) is 3.17. The van der Waals surface area contributed by atoms with Gasteiger partial charge in [0, 0.05) is 18.9 Å². The topological polar surface area (TPSA) is 20.3 Å². The summed E-state index contributed by atoms with van der Waals surface area (Å²) in [6, 6.07) is 0. The van der Waals surface area contributed by atoms with E-state index in [9.17, 15) is 18.0 Å². The van der Waals surface area contributed by atoms with Crippen LogP contribution >= 0.6 is 0 Å². The summed E-state index contributed by atoms with van der Waals surface area (Å²) in [6.07, 6.45) is 0.872. The summed E-state index contributed by atoms with van der Waals surface area (Å²) in [4.78, 5) is 13.3. The first-order valence-electron chi connectivity index (χ1n) is 7.67. The molecule has 1 fully saturated rings. The van der Waals surface area contributed by atoms with Crippen LogP contribution in [0.25, 0.3) is 0 Å². The standard InChI is InChI=1S/C15H26F3NO/c1-3-5-12-6-7-14(20)13(9-12)10-19(8-4-2)11-15(16,17)18/h12-13H,3-11H2,1-2H3. The molecule has 0 saturated heterocycles. The largest absolute Gasteiger partial charge is 0.401 e. The van der Waals surface area contributed by atoms with Crippen molar-refractivity contribution in [2.45, 2.75) is 58.5 Å². The first-order valence-corrected chi connectivity index (χ1v) is 7.67. The van der Waals surface area contributed by atoms with Crippen LogP contribution in [-0.4, -0.2) is 36.5 Å². The molecule has 1 rings (SSSR count). The van der Waals surface area contributed by atoms with Crippen LogP contribution in [0.5, 0.6) is 0 Å². The third kappa shape index (κ3) is 6.25. The van der Waals surface area contributed by atoms with Crippen molar-refractivity contribution in [2.24, 2.45) is 11.8 Å². The Kier molecular flexibility index (Phi) is 7.00. The van der Waals surface area contributed by atoms with Gasteiger partial charge >= 0.3 is 6.18 Å². The van der Waals surface area contributed by atoms with E-state index in [0.717, 1.165) is 25.7 Å². The lowest BCUT2D eigenvalue weighted by Crippen LogP contribution is -2.41. The highest BCUT2D eigenvalue weighted by Gasteiger charge is 2.34. The van der Waals surface area contributed by atoms with Crippen molar-refractivity contribution >= 4 is 5.78 Å². The van der Waals surface area contributed by atoms with Crippen molar-refractivity contribution in [3.63, 3.8) is 0 Å². The van der Waals surface area contributed by atoms with E-state index >= 15 is 0 Å². The molecule has 1 saturated carbocycles. The number of carbonyl (C=O) groups is 1. The van der Waals surface area contributed by atoms with Gasteiger partial charge in [-0.3, -0.25) is 9.69 Å². The van der Waals surface area contributed by atoms with Gasteiger partial charge in [0.2, 0.25) is 0 Å². The van der Waals surface area contributed by atoms with Gasteiger partial charge in [0.05, 0.1) is 6.54 Å². The maximum absolute atomic E-state index is 12.6. The number of Topliss-reactive ketones (excluding diaryl/α,β-unsaturated/α-hetero) is 1. The van der Waals surface area contributed by atoms with Crippen molar-refractivity contribution in [3.05, 3.63) is 0 Å². The van der Waals surface area contributed by atoms with E-state index in [0.29, 0.717) is 25.3 Å². The summed E-state index contributed by atoms with van der Waals surface area (Å²) in [5, 5.41) is 0. The molecule has 0 aromatic carbocycles. The van der Waals surface area contributed by atoms with E-state index in [2.05, 4.69) is 6.92 Å². The average Bonchev–Trinajstić information content (AvgIpc) is 2.32. The first kappa shape index (κ1) is 17.5. The lowest BCUT2D eigenvalue weighted by atomic mass is 9.78. The third-order valence-electron chi connectivity index (χ3n) is 3.99. The third-order valence-corrected chi connectivity index (χ3v) is 3.99. The van der Waals surface area contributed by atoms with Gasteiger partial charge in [-0.2, -0.15) is 13.2 Å². The second-order valence-electron chi connectivity index (χ2n) is 5.94. The zero-order valence-corrected chi connectivity index (χ0v) is 12.5.